The van der Waals surface area contributed by atoms with Gasteiger partial charge in [-0.3, -0.25) is 4.79 Å². The molecular weight excluding hydrogens is 395 g/mol. The Morgan fingerprint density at radius 1 is 1.11 bits per heavy atom. The summed E-state index contributed by atoms with van der Waals surface area (Å²) in [6, 6.07) is 10.2. The summed E-state index contributed by atoms with van der Waals surface area (Å²) < 4.78 is 1.41. The zero-order valence-electron chi connectivity index (χ0n) is 9.58. The largest absolute Gasteiger partial charge is 0.399 e. The second-order valence-corrected chi connectivity index (χ2v) is 5.94. The van der Waals surface area contributed by atoms with Crippen molar-refractivity contribution in [1.29, 1.82) is 0 Å². The molecule has 0 aliphatic carbocycles. The highest BCUT2D eigenvalue weighted by molar-refractivity contribution is 9.11. The first-order valence-electron chi connectivity index (χ1n) is 5.29. The van der Waals surface area contributed by atoms with Crippen LogP contribution in [-0.2, 0) is 0 Å². The standard InChI is InChI=1S/C13H9Br2ClN2O/c14-9-5-7(1-3-11(9)16)13(19)18-12-4-2-8(17)6-10(12)15/h1-6H,17H2,(H,18,19). The van der Waals surface area contributed by atoms with Gasteiger partial charge in [0.05, 0.1) is 10.7 Å². The van der Waals surface area contributed by atoms with Gasteiger partial charge >= 0.3 is 0 Å². The summed E-state index contributed by atoms with van der Waals surface area (Å²) in [5, 5.41) is 3.36. The Labute approximate surface area is 132 Å². The number of nitrogens with two attached hydrogens (primary N) is 1. The zero-order valence-corrected chi connectivity index (χ0v) is 13.5. The van der Waals surface area contributed by atoms with Crippen molar-refractivity contribution in [3.8, 4) is 0 Å². The molecule has 0 bridgehead atoms. The Hall–Kier alpha value is -1.04. The maximum absolute atomic E-state index is 12.1. The van der Waals surface area contributed by atoms with Crippen LogP contribution in [0.25, 0.3) is 0 Å². The highest BCUT2D eigenvalue weighted by Gasteiger charge is 2.10. The third kappa shape index (κ3) is 3.49. The van der Waals surface area contributed by atoms with E-state index in [-0.39, 0.29) is 5.91 Å². The van der Waals surface area contributed by atoms with Gasteiger partial charge < -0.3 is 11.1 Å². The molecule has 0 saturated carbocycles. The summed E-state index contributed by atoms with van der Waals surface area (Å²) >= 11 is 12.5. The minimum Gasteiger partial charge on any atom is -0.399 e. The number of anilines is 2. The third-order valence-corrected chi connectivity index (χ3v) is 4.29. The van der Waals surface area contributed by atoms with Crippen molar-refractivity contribution in [2.75, 3.05) is 11.1 Å². The van der Waals surface area contributed by atoms with E-state index in [0.717, 1.165) is 4.47 Å². The van der Waals surface area contributed by atoms with E-state index in [1.54, 1.807) is 36.4 Å². The van der Waals surface area contributed by atoms with E-state index in [1.165, 1.54) is 0 Å². The molecule has 3 N–H and O–H groups in total. The molecule has 0 unspecified atom stereocenters. The van der Waals surface area contributed by atoms with E-state index < -0.39 is 0 Å². The first-order valence-corrected chi connectivity index (χ1v) is 7.25. The molecule has 2 rings (SSSR count). The van der Waals surface area contributed by atoms with Gasteiger partial charge in [0.15, 0.2) is 0 Å². The van der Waals surface area contributed by atoms with E-state index in [2.05, 4.69) is 37.2 Å². The number of nitrogen functional groups attached to an aromatic ring is 1. The molecule has 2 aromatic rings. The number of amides is 1. The van der Waals surface area contributed by atoms with Gasteiger partial charge in [-0.1, -0.05) is 11.6 Å². The number of hydrogen-bond acceptors (Lipinski definition) is 2. The van der Waals surface area contributed by atoms with Crippen LogP contribution in [0, 0.1) is 0 Å². The monoisotopic (exact) mass is 402 g/mol. The van der Waals surface area contributed by atoms with Gasteiger partial charge in [0.2, 0.25) is 0 Å². The fourth-order valence-corrected chi connectivity index (χ4v) is 2.46. The highest BCUT2D eigenvalue weighted by Crippen LogP contribution is 2.27. The second-order valence-electron chi connectivity index (χ2n) is 3.82. The predicted molar refractivity (Wildman–Crippen MR) is 85.7 cm³/mol. The highest BCUT2D eigenvalue weighted by atomic mass is 79.9. The van der Waals surface area contributed by atoms with Crippen molar-refractivity contribution in [2.45, 2.75) is 0 Å². The lowest BCUT2D eigenvalue weighted by Gasteiger charge is -2.08. The van der Waals surface area contributed by atoms with Crippen LogP contribution in [-0.4, -0.2) is 5.91 Å². The lowest BCUT2D eigenvalue weighted by Crippen LogP contribution is -2.12. The summed E-state index contributed by atoms with van der Waals surface area (Å²) in [5.41, 5.74) is 7.44. The van der Waals surface area contributed by atoms with Crippen LogP contribution in [0.2, 0.25) is 5.02 Å². The van der Waals surface area contributed by atoms with Gasteiger partial charge in [0, 0.05) is 20.2 Å². The smallest absolute Gasteiger partial charge is 0.255 e. The zero-order chi connectivity index (χ0) is 14.0. The molecule has 0 atom stereocenters. The van der Waals surface area contributed by atoms with E-state index in [0.29, 0.717) is 26.4 Å². The molecule has 0 heterocycles. The summed E-state index contributed by atoms with van der Waals surface area (Å²) in [6.07, 6.45) is 0. The molecule has 98 valence electrons. The van der Waals surface area contributed by atoms with E-state index in [4.69, 9.17) is 17.3 Å². The minimum atomic E-state index is -0.220. The van der Waals surface area contributed by atoms with Gasteiger partial charge in [-0.05, 0) is 68.3 Å². The van der Waals surface area contributed by atoms with Crippen molar-refractivity contribution in [1.82, 2.24) is 0 Å². The van der Waals surface area contributed by atoms with Gasteiger partial charge in [0.25, 0.3) is 5.91 Å². The Morgan fingerprint density at radius 2 is 1.84 bits per heavy atom. The molecular formula is C13H9Br2ClN2O. The molecule has 0 spiro atoms. The third-order valence-electron chi connectivity index (χ3n) is 2.42. The SMILES string of the molecule is Nc1ccc(NC(=O)c2ccc(Cl)c(Br)c2)c(Br)c1. The maximum atomic E-state index is 12.1. The number of carbonyl (C=O) groups is 1. The van der Waals surface area contributed by atoms with Gasteiger partial charge in [-0.2, -0.15) is 0 Å². The molecule has 0 aliphatic heterocycles. The molecule has 0 radical (unpaired) electrons. The number of carbonyl (C=O) groups excluding carboxylic acids is 1. The van der Waals surface area contributed by atoms with Crippen molar-refractivity contribution in [2.24, 2.45) is 0 Å². The Balaban J connectivity index is 2.23. The van der Waals surface area contributed by atoms with E-state index >= 15 is 0 Å². The van der Waals surface area contributed by atoms with Gasteiger partial charge in [-0.15, -0.1) is 0 Å². The molecule has 0 aliphatic rings. The van der Waals surface area contributed by atoms with Gasteiger partial charge in [0.1, 0.15) is 0 Å². The van der Waals surface area contributed by atoms with Crippen molar-refractivity contribution in [3.05, 3.63) is 55.9 Å². The molecule has 19 heavy (non-hydrogen) atoms. The minimum absolute atomic E-state index is 0.220. The number of halogens is 3. The Morgan fingerprint density at radius 3 is 2.47 bits per heavy atom. The average Bonchev–Trinajstić information content (AvgIpc) is 2.36. The molecule has 0 aromatic heterocycles. The lowest BCUT2D eigenvalue weighted by atomic mass is 10.2. The Kier molecular flexibility index (Phi) is 4.50. The fraction of sp³-hybridized carbons (Fsp3) is 0. The van der Waals surface area contributed by atoms with Crippen LogP contribution in [0.3, 0.4) is 0 Å². The van der Waals surface area contributed by atoms with Crippen LogP contribution >= 0.6 is 43.5 Å². The molecule has 3 nitrogen and oxygen atoms in total. The lowest BCUT2D eigenvalue weighted by molar-refractivity contribution is 0.102. The number of benzene rings is 2. The van der Waals surface area contributed by atoms with Crippen LogP contribution in [0.5, 0.6) is 0 Å². The topological polar surface area (TPSA) is 55.1 Å². The quantitative estimate of drug-likeness (QED) is 0.713. The fourth-order valence-electron chi connectivity index (χ4n) is 1.46. The molecule has 2 aromatic carbocycles. The van der Waals surface area contributed by atoms with Crippen molar-refractivity contribution >= 4 is 60.7 Å². The summed E-state index contributed by atoms with van der Waals surface area (Å²) in [6.45, 7) is 0. The van der Waals surface area contributed by atoms with Crippen molar-refractivity contribution < 1.29 is 4.79 Å². The van der Waals surface area contributed by atoms with E-state index in [9.17, 15) is 4.79 Å². The number of hydrogen-bond donors (Lipinski definition) is 2. The Bertz CT molecular complexity index is 647. The van der Waals surface area contributed by atoms with Gasteiger partial charge in [-0.25, -0.2) is 0 Å². The normalized spacial score (nSPS) is 10.3. The predicted octanol–water partition coefficient (Wildman–Crippen LogP) is 4.70. The van der Waals surface area contributed by atoms with Crippen molar-refractivity contribution in [3.63, 3.8) is 0 Å². The van der Waals surface area contributed by atoms with E-state index in [1.807, 2.05) is 0 Å². The first kappa shape index (κ1) is 14.4. The number of nitrogens with one attached hydrogen (secondary N) is 1. The molecule has 0 fully saturated rings. The maximum Gasteiger partial charge on any atom is 0.255 e. The average molecular weight is 404 g/mol. The van der Waals surface area contributed by atoms with Crippen LogP contribution < -0.4 is 11.1 Å². The first-order chi connectivity index (χ1) is 8.97. The molecule has 1 amide bonds. The second kappa shape index (κ2) is 5.94. The molecule has 0 saturated heterocycles. The van der Waals surface area contributed by atoms with Crippen LogP contribution in [0.4, 0.5) is 11.4 Å². The summed E-state index contributed by atoms with van der Waals surface area (Å²) in [7, 11) is 0. The number of rotatable bonds is 2. The summed E-state index contributed by atoms with van der Waals surface area (Å²) in [4.78, 5) is 12.1. The molecule has 6 heteroatoms. The van der Waals surface area contributed by atoms with Crippen LogP contribution in [0.15, 0.2) is 45.3 Å². The summed E-state index contributed by atoms with van der Waals surface area (Å²) in [5.74, 6) is -0.220. The van der Waals surface area contributed by atoms with Crippen LogP contribution in [0.1, 0.15) is 10.4 Å².